The Bertz CT molecular complexity index is 1180. The van der Waals surface area contributed by atoms with Crippen molar-refractivity contribution in [2.24, 2.45) is 0 Å². The smallest absolute Gasteiger partial charge is 0.351 e. The van der Waals surface area contributed by atoms with E-state index in [9.17, 15) is 49.2 Å². The largest absolute Gasteiger partial charge is 0.756 e. The lowest BCUT2D eigenvalue weighted by molar-refractivity contribution is -0.307. The molecule has 0 saturated carbocycles. The van der Waals surface area contributed by atoms with Crippen molar-refractivity contribution in [1.29, 1.82) is 0 Å². The summed E-state index contributed by atoms with van der Waals surface area (Å²) >= 11 is 0. The van der Waals surface area contributed by atoms with E-state index in [1.807, 2.05) is 0 Å². The maximum absolute atomic E-state index is 12.2. The predicted octanol–water partition coefficient (Wildman–Crippen LogP) is -5.15. The molecule has 0 spiro atoms. The van der Waals surface area contributed by atoms with Gasteiger partial charge in [-0.15, -0.1) is 6.42 Å². The number of aliphatic hydroxyl groups is 5. The SMILES string of the molecule is C#CCOCC1O[C@@H](OP(=O)([O-])OP(=O)([O-])O[C@H]2O[C@@H](n3ccc(N)nc3=O)C(O)[C@H]2O)C(O)[C@@H](O)[C@H]1O. The van der Waals surface area contributed by atoms with Crippen LogP contribution >= 0.6 is 15.6 Å². The minimum Gasteiger partial charge on any atom is -0.756 e. The van der Waals surface area contributed by atoms with Crippen molar-refractivity contribution in [3.63, 3.8) is 0 Å². The second-order valence-electron chi connectivity index (χ2n) is 7.84. The summed E-state index contributed by atoms with van der Waals surface area (Å²) in [5.41, 5.74) is 4.31. The fourth-order valence-electron chi connectivity index (χ4n) is 3.36. The van der Waals surface area contributed by atoms with Crippen molar-refractivity contribution >= 4 is 21.5 Å². The van der Waals surface area contributed by atoms with Gasteiger partial charge in [-0.2, -0.15) is 4.98 Å². The Labute approximate surface area is 213 Å². The number of aromatic nitrogens is 2. The van der Waals surface area contributed by atoms with E-state index < -0.39 is 83.4 Å². The van der Waals surface area contributed by atoms with Gasteiger partial charge in [0.05, 0.1) is 6.61 Å². The van der Waals surface area contributed by atoms with Gasteiger partial charge in [-0.05, 0) is 6.07 Å². The summed E-state index contributed by atoms with van der Waals surface area (Å²) in [5, 5.41) is 50.1. The maximum Gasteiger partial charge on any atom is 0.351 e. The molecule has 2 aliphatic rings. The Kier molecular flexibility index (Phi) is 9.82. The number of nitrogen functional groups attached to an aromatic ring is 1. The van der Waals surface area contributed by atoms with Crippen LogP contribution in [0.4, 0.5) is 5.82 Å². The zero-order valence-electron chi connectivity index (χ0n) is 18.9. The number of rotatable bonds is 10. The monoisotopic (exact) mass is 587 g/mol. The Morgan fingerprint density at radius 3 is 2.18 bits per heavy atom. The third-order valence-electron chi connectivity index (χ3n) is 5.12. The first-order valence-electron chi connectivity index (χ1n) is 10.4. The van der Waals surface area contributed by atoms with E-state index in [0.717, 1.165) is 12.3 Å². The van der Waals surface area contributed by atoms with Gasteiger partial charge in [-0.3, -0.25) is 22.7 Å². The Balaban J connectivity index is 1.66. The molecule has 21 heteroatoms. The molecule has 0 aromatic carbocycles. The van der Waals surface area contributed by atoms with Crippen molar-refractivity contribution in [2.45, 2.75) is 55.4 Å². The highest BCUT2D eigenvalue weighted by Crippen LogP contribution is 2.58. The topological polar surface area (TPSA) is 298 Å². The van der Waals surface area contributed by atoms with Crippen LogP contribution in [-0.4, -0.2) is 97.5 Å². The number of ether oxygens (including phenoxy) is 3. The van der Waals surface area contributed by atoms with Gasteiger partial charge in [0.25, 0.3) is 15.6 Å². The van der Waals surface area contributed by atoms with Crippen LogP contribution < -0.4 is 21.2 Å². The van der Waals surface area contributed by atoms with E-state index in [0.29, 0.717) is 4.57 Å². The Hall–Kier alpha value is -1.82. The van der Waals surface area contributed by atoms with Gasteiger partial charge in [-0.25, -0.2) is 9.11 Å². The molecule has 2 aliphatic heterocycles. The summed E-state index contributed by atoms with van der Waals surface area (Å²) < 4.78 is 52.7. The van der Waals surface area contributed by atoms with E-state index in [2.05, 4.69) is 24.3 Å². The molecule has 3 rings (SSSR count). The highest BCUT2D eigenvalue weighted by molar-refractivity contribution is 7.59. The first-order chi connectivity index (χ1) is 17.7. The maximum atomic E-state index is 12.2. The normalized spacial score (nSPS) is 36.7. The van der Waals surface area contributed by atoms with Crippen LogP contribution in [0.5, 0.6) is 0 Å². The van der Waals surface area contributed by atoms with Gasteiger partial charge >= 0.3 is 5.69 Å². The quantitative estimate of drug-likeness (QED) is 0.0847. The lowest BCUT2D eigenvalue weighted by Gasteiger charge is -2.42. The molecule has 1 aromatic rings. The molecule has 7 N–H and O–H groups in total. The number of terminal acetylenes is 1. The number of nitrogens with two attached hydrogens (primary N) is 1. The summed E-state index contributed by atoms with van der Waals surface area (Å²) in [6.07, 6.45) is -11.8. The molecule has 0 radical (unpaired) electrons. The summed E-state index contributed by atoms with van der Waals surface area (Å²) in [6, 6.07) is 1.13. The van der Waals surface area contributed by atoms with Crippen molar-refractivity contribution in [1.82, 2.24) is 9.55 Å². The lowest BCUT2D eigenvalue weighted by atomic mass is 9.99. The van der Waals surface area contributed by atoms with Gasteiger partial charge in [0, 0.05) is 6.20 Å². The van der Waals surface area contributed by atoms with Crippen LogP contribution in [-0.2, 0) is 36.7 Å². The average molecular weight is 587 g/mol. The number of phosphoric acid groups is 2. The Morgan fingerprint density at radius 2 is 1.61 bits per heavy atom. The van der Waals surface area contributed by atoms with E-state index in [4.69, 9.17) is 26.4 Å². The van der Waals surface area contributed by atoms with Gasteiger partial charge in [0.15, 0.2) is 18.8 Å². The molecule has 0 amide bonds. The van der Waals surface area contributed by atoms with Crippen LogP contribution in [0.3, 0.4) is 0 Å². The molecular formula is C17H23N3O16P2-2. The lowest BCUT2D eigenvalue weighted by Crippen LogP contribution is -2.59. The van der Waals surface area contributed by atoms with E-state index in [1.165, 1.54) is 0 Å². The highest BCUT2D eigenvalue weighted by Gasteiger charge is 2.48. The number of hydrogen-bond donors (Lipinski definition) is 6. The summed E-state index contributed by atoms with van der Waals surface area (Å²) in [6.45, 7) is -0.722. The number of nitrogens with zero attached hydrogens (tertiary/aromatic N) is 2. The van der Waals surface area contributed by atoms with Gasteiger partial charge in [-0.1, -0.05) is 5.92 Å². The van der Waals surface area contributed by atoms with Gasteiger partial charge in [0.2, 0.25) is 0 Å². The van der Waals surface area contributed by atoms with E-state index in [-0.39, 0.29) is 12.4 Å². The summed E-state index contributed by atoms with van der Waals surface area (Å²) in [7, 11) is -12.0. The fourth-order valence-corrected chi connectivity index (χ4v) is 5.50. The molecule has 5 unspecified atom stereocenters. The highest BCUT2D eigenvalue weighted by atomic mass is 31.3. The standard InChI is InChI=1S/C17H25N3O16P2/c1-2-5-31-6-7-9(21)10(22)12(24)15(32-7)34-37(27,28)36-38(29,30)35-16-13(25)11(23)14(33-16)20-4-3-8(18)19-17(20)26/h1,3-4,7,9-16,21-25H,5-6H2,(H,27,28)(H,29,30)(H2,18,19,26)/p-2/t7?,9-,10-,11?,12?,13+,14+,15-,16+/m0/s1. The first kappa shape index (κ1) is 30.7. The minimum absolute atomic E-state index is 0.184. The van der Waals surface area contributed by atoms with Crippen molar-refractivity contribution in [2.75, 3.05) is 18.9 Å². The summed E-state index contributed by atoms with van der Waals surface area (Å²) in [5.74, 6) is 1.92. The molecule has 2 saturated heterocycles. The molecule has 214 valence electrons. The van der Waals surface area contributed by atoms with E-state index >= 15 is 0 Å². The minimum atomic E-state index is -5.98. The van der Waals surface area contributed by atoms with Crippen LogP contribution in [0.2, 0.25) is 0 Å². The molecule has 0 bridgehead atoms. The third kappa shape index (κ3) is 7.22. The summed E-state index contributed by atoms with van der Waals surface area (Å²) in [4.78, 5) is 39.8. The Morgan fingerprint density at radius 1 is 1.03 bits per heavy atom. The molecule has 3 heterocycles. The number of hydrogen-bond acceptors (Lipinski definition) is 18. The second kappa shape index (κ2) is 12.1. The van der Waals surface area contributed by atoms with Crippen LogP contribution in [0, 0.1) is 12.3 Å². The number of phosphoric ester groups is 2. The van der Waals surface area contributed by atoms with Crippen LogP contribution in [0.25, 0.3) is 0 Å². The predicted molar refractivity (Wildman–Crippen MR) is 114 cm³/mol. The number of anilines is 1. The fraction of sp³-hybridized carbons (Fsp3) is 0.647. The molecule has 0 aliphatic carbocycles. The van der Waals surface area contributed by atoms with E-state index in [1.54, 1.807) is 0 Å². The zero-order valence-corrected chi connectivity index (χ0v) is 20.7. The molecule has 2 fully saturated rings. The zero-order chi connectivity index (χ0) is 28.4. The first-order valence-corrected chi connectivity index (χ1v) is 13.4. The van der Waals surface area contributed by atoms with Crippen LogP contribution in [0.1, 0.15) is 6.23 Å². The van der Waals surface area contributed by atoms with Crippen LogP contribution in [0.15, 0.2) is 17.1 Å². The molecule has 11 atom stereocenters. The molecule has 1 aromatic heterocycles. The van der Waals surface area contributed by atoms with Crippen molar-refractivity contribution in [3.05, 3.63) is 22.7 Å². The molecule has 38 heavy (non-hydrogen) atoms. The van der Waals surface area contributed by atoms with Gasteiger partial charge < -0.3 is 55.3 Å². The number of aliphatic hydroxyl groups excluding tert-OH is 5. The third-order valence-corrected chi connectivity index (χ3v) is 7.65. The molecular weight excluding hydrogens is 564 g/mol. The average Bonchev–Trinajstić information content (AvgIpc) is 3.07. The van der Waals surface area contributed by atoms with Gasteiger partial charge in [0.1, 0.15) is 49.0 Å². The molecule has 19 nitrogen and oxygen atoms in total. The van der Waals surface area contributed by atoms with Crippen molar-refractivity contribution in [3.8, 4) is 12.3 Å². The second-order valence-corrected chi connectivity index (χ2v) is 10.7. The van der Waals surface area contributed by atoms with Crippen molar-refractivity contribution < 1.29 is 72.0 Å².